The first kappa shape index (κ1) is 11.3. The molecule has 3 rings (SSSR count). The van der Waals surface area contributed by atoms with Crippen molar-refractivity contribution in [1.82, 2.24) is 0 Å². The summed E-state index contributed by atoms with van der Waals surface area (Å²) >= 11 is 0. The van der Waals surface area contributed by atoms with E-state index in [0.29, 0.717) is 11.1 Å². The van der Waals surface area contributed by atoms with E-state index in [1.165, 1.54) is 0 Å². The van der Waals surface area contributed by atoms with Gasteiger partial charge in [-0.15, -0.1) is 0 Å². The fourth-order valence-corrected chi connectivity index (χ4v) is 1.55. The van der Waals surface area contributed by atoms with Crippen LogP contribution in [0.25, 0.3) is 0 Å². The van der Waals surface area contributed by atoms with Crippen molar-refractivity contribution in [2.45, 2.75) is 37.9 Å². The zero-order valence-corrected chi connectivity index (χ0v) is 9.93. The number of carbonyl (C=O) groups excluding carboxylic acids is 2. The molecule has 0 aromatic heterocycles. The Morgan fingerprint density at radius 2 is 1.11 bits per heavy atom. The first-order valence-electron chi connectivity index (χ1n) is 6.24. The molecule has 4 heteroatoms. The second-order valence-electron chi connectivity index (χ2n) is 4.79. The van der Waals surface area contributed by atoms with Gasteiger partial charge in [-0.05, 0) is 49.9 Å². The number of hydrogen-bond donors (Lipinski definition) is 0. The van der Waals surface area contributed by atoms with Crippen molar-refractivity contribution < 1.29 is 19.1 Å². The number of carbonyl (C=O) groups is 2. The summed E-state index contributed by atoms with van der Waals surface area (Å²) in [5, 5.41) is 0. The van der Waals surface area contributed by atoms with E-state index >= 15 is 0 Å². The Morgan fingerprint density at radius 3 is 1.39 bits per heavy atom. The van der Waals surface area contributed by atoms with Crippen LogP contribution in [0.1, 0.15) is 46.4 Å². The van der Waals surface area contributed by atoms with Crippen LogP contribution >= 0.6 is 0 Å². The molecule has 0 aliphatic heterocycles. The molecule has 0 heterocycles. The van der Waals surface area contributed by atoms with Gasteiger partial charge in [-0.2, -0.15) is 0 Å². The van der Waals surface area contributed by atoms with Gasteiger partial charge in [-0.25, -0.2) is 9.59 Å². The Bertz CT molecular complexity index is 424. The van der Waals surface area contributed by atoms with E-state index in [1.807, 2.05) is 0 Å². The van der Waals surface area contributed by atoms with Crippen molar-refractivity contribution in [3.8, 4) is 0 Å². The molecule has 0 unspecified atom stereocenters. The first-order valence-corrected chi connectivity index (χ1v) is 6.24. The molecule has 0 spiro atoms. The monoisotopic (exact) mass is 246 g/mol. The summed E-state index contributed by atoms with van der Waals surface area (Å²) < 4.78 is 10.3. The van der Waals surface area contributed by atoms with Crippen molar-refractivity contribution in [2.75, 3.05) is 0 Å². The molecule has 1 aromatic carbocycles. The summed E-state index contributed by atoms with van der Waals surface area (Å²) in [6.45, 7) is 0. The molecule has 2 aliphatic rings. The molecule has 0 amide bonds. The largest absolute Gasteiger partial charge is 0.459 e. The Balaban J connectivity index is 1.63. The van der Waals surface area contributed by atoms with Crippen LogP contribution in [0.15, 0.2) is 24.3 Å². The first-order chi connectivity index (χ1) is 8.72. The summed E-state index contributed by atoms with van der Waals surface area (Å²) in [6, 6.07) is 6.42. The Kier molecular flexibility index (Phi) is 2.78. The van der Waals surface area contributed by atoms with Gasteiger partial charge >= 0.3 is 11.9 Å². The highest BCUT2D eigenvalue weighted by molar-refractivity contribution is 5.93. The number of ether oxygens (including phenoxy) is 2. The maximum atomic E-state index is 11.6. The fraction of sp³-hybridized carbons (Fsp3) is 0.429. The van der Waals surface area contributed by atoms with E-state index in [9.17, 15) is 9.59 Å². The zero-order valence-electron chi connectivity index (χ0n) is 9.93. The van der Waals surface area contributed by atoms with E-state index in [-0.39, 0.29) is 24.1 Å². The standard InChI is InChI=1S/C14H14O4/c15-13(17-11-5-6-11)9-1-2-10(4-3-9)14(16)18-12-7-8-12/h1-4,11-12H,5-8H2. The highest BCUT2D eigenvalue weighted by Crippen LogP contribution is 2.26. The summed E-state index contributed by atoms with van der Waals surface area (Å²) in [5.74, 6) is -0.640. The third-order valence-electron chi connectivity index (χ3n) is 2.95. The van der Waals surface area contributed by atoms with Gasteiger partial charge in [0.1, 0.15) is 12.2 Å². The van der Waals surface area contributed by atoms with Crippen LogP contribution < -0.4 is 0 Å². The third kappa shape index (κ3) is 2.70. The van der Waals surface area contributed by atoms with E-state index in [0.717, 1.165) is 25.7 Å². The Labute approximate surface area is 105 Å². The van der Waals surface area contributed by atoms with Gasteiger partial charge in [0.2, 0.25) is 0 Å². The number of benzene rings is 1. The zero-order chi connectivity index (χ0) is 12.5. The van der Waals surface area contributed by atoms with E-state index in [2.05, 4.69) is 0 Å². The van der Waals surface area contributed by atoms with E-state index in [4.69, 9.17) is 9.47 Å². The molecule has 0 saturated heterocycles. The van der Waals surface area contributed by atoms with Gasteiger partial charge in [0.05, 0.1) is 11.1 Å². The molecule has 0 N–H and O–H groups in total. The van der Waals surface area contributed by atoms with Crippen molar-refractivity contribution in [3.63, 3.8) is 0 Å². The third-order valence-corrected chi connectivity index (χ3v) is 2.95. The highest BCUT2D eigenvalue weighted by atomic mass is 16.6. The molecular weight excluding hydrogens is 232 g/mol. The average Bonchev–Trinajstić information content (AvgIpc) is 3.25. The van der Waals surface area contributed by atoms with Gasteiger partial charge < -0.3 is 9.47 Å². The van der Waals surface area contributed by atoms with Gasteiger partial charge in [-0.1, -0.05) is 0 Å². The summed E-state index contributed by atoms with van der Waals surface area (Å²) in [4.78, 5) is 23.3. The van der Waals surface area contributed by atoms with Crippen LogP contribution in [-0.2, 0) is 9.47 Å². The minimum atomic E-state index is -0.320. The lowest BCUT2D eigenvalue weighted by Crippen LogP contribution is -2.09. The predicted molar refractivity (Wildman–Crippen MR) is 63.3 cm³/mol. The van der Waals surface area contributed by atoms with Crippen molar-refractivity contribution >= 4 is 11.9 Å². The molecule has 18 heavy (non-hydrogen) atoms. The topological polar surface area (TPSA) is 52.6 Å². The van der Waals surface area contributed by atoms with E-state index in [1.54, 1.807) is 24.3 Å². The van der Waals surface area contributed by atoms with Crippen molar-refractivity contribution in [1.29, 1.82) is 0 Å². The van der Waals surface area contributed by atoms with Crippen molar-refractivity contribution in [3.05, 3.63) is 35.4 Å². The molecule has 0 radical (unpaired) electrons. The molecule has 94 valence electrons. The molecule has 0 bridgehead atoms. The van der Waals surface area contributed by atoms with Crippen LogP contribution in [0.2, 0.25) is 0 Å². The normalized spacial score (nSPS) is 18.2. The minimum absolute atomic E-state index is 0.0945. The Morgan fingerprint density at radius 1 is 0.778 bits per heavy atom. The fourth-order valence-electron chi connectivity index (χ4n) is 1.55. The predicted octanol–water partition coefficient (Wildman–Crippen LogP) is 2.33. The summed E-state index contributed by atoms with van der Waals surface area (Å²) in [5.41, 5.74) is 0.953. The molecule has 4 nitrogen and oxygen atoms in total. The maximum Gasteiger partial charge on any atom is 0.338 e. The van der Waals surface area contributed by atoms with Crippen LogP contribution in [-0.4, -0.2) is 24.1 Å². The van der Waals surface area contributed by atoms with Crippen LogP contribution in [0, 0.1) is 0 Å². The SMILES string of the molecule is O=C(OC1CC1)c1ccc(C(=O)OC2CC2)cc1. The van der Waals surface area contributed by atoms with Crippen LogP contribution in [0.4, 0.5) is 0 Å². The highest BCUT2D eigenvalue weighted by Gasteiger charge is 2.27. The van der Waals surface area contributed by atoms with Crippen molar-refractivity contribution in [2.24, 2.45) is 0 Å². The number of rotatable bonds is 4. The van der Waals surface area contributed by atoms with Gasteiger partial charge in [0, 0.05) is 0 Å². The Hall–Kier alpha value is -1.84. The molecular formula is C14H14O4. The lowest BCUT2D eigenvalue weighted by Gasteiger charge is -2.05. The molecule has 0 atom stereocenters. The summed E-state index contributed by atoms with van der Waals surface area (Å²) in [7, 11) is 0. The van der Waals surface area contributed by atoms with Gasteiger partial charge in [0.15, 0.2) is 0 Å². The molecule has 2 saturated carbocycles. The van der Waals surface area contributed by atoms with E-state index < -0.39 is 0 Å². The number of esters is 2. The summed E-state index contributed by atoms with van der Waals surface area (Å²) in [6.07, 6.45) is 4.01. The molecule has 2 aliphatic carbocycles. The number of hydrogen-bond acceptors (Lipinski definition) is 4. The smallest absolute Gasteiger partial charge is 0.338 e. The van der Waals surface area contributed by atoms with Crippen LogP contribution in [0.3, 0.4) is 0 Å². The second-order valence-corrected chi connectivity index (χ2v) is 4.79. The van der Waals surface area contributed by atoms with Crippen LogP contribution in [0.5, 0.6) is 0 Å². The molecule has 2 fully saturated rings. The van der Waals surface area contributed by atoms with Gasteiger partial charge in [0.25, 0.3) is 0 Å². The quantitative estimate of drug-likeness (QED) is 0.765. The van der Waals surface area contributed by atoms with Gasteiger partial charge in [-0.3, -0.25) is 0 Å². The lowest BCUT2D eigenvalue weighted by molar-refractivity contribution is 0.0457. The minimum Gasteiger partial charge on any atom is -0.459 e. The average molecular weight is 246 g/mol. The second kappa shape index (κ2) is 4.44. The molecule has 1 aromatic rings. The lowest BCUT2D eigenvalue weighted by atomic mass is 10.1. The maximum absolute atomic E-state index is 11.6.